The van der Waals surface area contributed by atoms with E-state index in [2.05, 4.69) is 19.6 Å². The lowest BCUT2D eigenvalue weighted by Gasteiger charge is -2.33. The third kappa shape index (κ3) is 3.69. The first-order valence-electron chi connectivity index (χ1n) is 8.81. The van der Waals surface area contributed by atoms with Gasteiger partial charge in [0.1, 0.15) is 17.2 Å². The number of hydrogen-bond donors (Lipinski definition) is 1. The van der Waals surface area contributed by atoms with Crippen LogP contribution in [0.4, 0.5) is 5.82 Å². The Morgan fingerprint density at radius 1 is 1.30 bits per heavy atom. The second kappa shape index (κ2) is 7.53. The van der Waals surface area contributed by atoms with E-state index in [4.69, 9.17) is 16.6 Å². The predicted molar refractivity (Wildman–Crippen MR) is 109 cm³/mol. The van der Waals surface area contributed by atoms with E-state index in [1.165, 1.54) is 0 Å². The zero-order chi connectivity index (χ0) is 19.0. The normalized spacial score (nSPS) is 16.8. The minimum absolute atomic E-state index is 0.282. The van der Waals surface area contributed by atoms with Crippen LogP contribution >= 0.6 is 11.6 Å². The summed E-state index contributed by atoms with van der Waals surface area (Å²) < 4.78 is 16.4. The van der Waals surface area contributed by atoms with Crippen LogP contribution in [0.1, 0.15) is 12.8 Å². The number of pyridine rings is 2. The van der Waals surface area contributed by atoms with E-state index in [-0.39, 0.29) is 6.04 Å². The van der Waals surface area contributed by atoms with Gasteiger partial charge in [-0.2, -0.15) is 0 Å². The summed E-state index contributed by atoms with van der Waals surface area (Å²) in [5, 5.41) is 0.565. The van der Waals surface area contributed by atoms with E-state index in [1.807, 2.05) is 29.8 Å². The van der Waals surface area contributed by atoms with Gasteiger partial charge in [0.25, 0.3) is 0 Å². The molecule has 7 nitrogen and oxygen atoms in total. The maximum absolute atomic E-state index is 11.4. The highest BCUT2D eigenvalue weighted by Gasteiger charge is 2.22. The molecule has 4 rings (SSSR count). The topological polar surface area (TPSA) is 75.9 Å². The Labute approximate surface area is 165 Å². The first kappa shape index (κ1) is 18.3. The number of halogens is 1. The number of piperidine rings is 1. The van der Waals surface area contributed by atoms with Crippen molar-refractivity contribution in [3.8, 4) is 11.4 Å². The van der Waals surface area contributed by atoms with Gasteiger partial charge in [-0.1, -0.05) is 11.6 Å². The van der Waals surface area contributed by atoms with Crippen LogP contribution in [0.25, 0.3) is 22.6 Å². The van der Waals surface area contributed by atoms with Crippen molar-refractivity contribution in [3.63, 3.8) is 0 Å². The molecule has 9 heteroatoms. The summed E-state index contributed by atoms with van der Waals surface area (Å²) in [5.74, 6) is 1.65. The summed E-state index contributed by atoms with van der Waals surface area (Å²) in [7, 11) is 0.961. The molecule has 1 aliphatic heterocycles. The summed E-state index contributed by atoms with van der Waals surface area (Å²) in [6, 6.07) is 6.09. The van der Waals surface area contributed by atoms with Gasteiger partial charge in [0.2, 0.25) is 0 Å². The molecule has 27 heavy (non-hydrogen) atoms. The van der Waals surface area contributed by atoms with Crippen molar-refractivity contribution < 1.29 is 4.21 Å². The molecule has 0 aromatic carbocycles. The van der Waals surface area contributed by atoms with Crippen molar-refractivity contribution in [1.82, 2.24) is 24.2 Å². The lowest BCUT2D eigenvalue weighted by Crippen LogP contribution is -2.43. The van der Waals surface area contributed by atoms with Crippen LogP contribution < -0.4 is 9.62 Å². The van der Waals surface area contributed by atoms with Gasteiger partial charge in [0, 0.05) is 50.4 Å². The van der Waals surface area contributed by atoms with Crippen LogP contribution in [0.2, 0.25) is 5.02 Å². The predicted octanol–water partition coefficient (Wildman–Crippen LogP) is 2.54. The Morgan fingerprint density at radius 2 is 2.07 bits per heavy atom. The minimum atomic E-state index is -0.980. The van der Waals surface area contributed by atoms with Crippen LogP contribution in [0.3, 0.4) is 0 Å². The number of hydrogen-bond acceptors (Lipinski definition) is 5. The molecule has 3 aromatic heterocycles. The van der Waals surface area contributed by atoms with E-state index in [9.17, 15) is 4.21 Å². The van der Waals surface area contributed by atoms with Crippen LogP contribution in [0, 0.1) is 0 Å². The molecule has 0 aliphatic carbocycles. The van der Waals surface area contributed by atoms with Crippen molar-refractivity contribution in [2.45, 2.75) is 18.9 Å². The molecular formula is C18H21ClN6OS. The Hall–Kier alpha value is -2.03. The van der Waals surface area contributed by atoms with Crippen molar-refractivity contribution >= 4 is 39.6 Å². The number of aromatic nitrogens is 4. The molecule has 0 bridgehead atoms. The largest absolute Gasteiger partial charge is 0.356 e. The molecule has 3 aromatic rings. The van der Waals surface area contributed by atoms with Gasteiger partial charge < -0.3 is 9.47 Å². The van der Waals surface area contributed by atoms with Crippen LogP contribution in [0.5, 0.6) is 0 Å². The first-order chi connectivity index (χ1) is 13.0. The molecule has 142 valence electrons. The highest BCUT2D eigenvalue weighted by molar-refractivity contribution is 7.82. The molecule has 0 radical (unpaired) electrons. The fourth-order valence-corrected chi connectivity index (χ4v) is 4.39. The van der Waals surface area contributed by atoms with Crippen LogP contribution in [0.15, 0.2) is 30.6 Å². The number of anilines is 1. The summed E-state index contributed by atoms with van der Waals surface area (Å²) in [6.45, 7) is 1.71. The molecule has 1 unspecified atom stereocenters. The van der Waals surface area contributed by atoms with Crippen molar-refractivity contribution in [2.24, 2.45) is 7.05 Å². The standard InChI is InChI=1S/C18H21ClN6OS/c1-24-17(22-15-4-3-7-20-18(15)24)13-10-16(21-11-14(13)19)25-8-5-12(6-9-25)23-27(2)26/h3-4,7,10-12,23H,5-6,8-9H2,1-2H3. The van der Waals surface area contributed by atoms with E-state index >= 15 is 0 Å². The smallest absolute Gasteiger partial charge is 0.159 e. The van der Waals surface area contributed by atoms with Crippen LogP contribution in [-0.2, 0) is 18.0 Å². The summed E-state index contributed by atoms with van der Waals surface area (Å²) in [4.78, 5) is 15.9. The van der Waals surface area contributed by atoms with E-state index in [0.29, 0.717) is 5.02 Å². The van der Waals surface area contributed by atoms with Gasteiger partial charge in [0.15, 0.2) is 5.65 Å². The molecule has 1 fully saturated rings. The van der Waals surface area contributed by atoms with Crippen LogP contribution in [-0.4, -0.2) is 49.1 Å². The van der Waals surface area contributed by atoms with Crippen molar-refractivity contribution in [1.29, 1.82) is 0 Å². The molecule has 1 atom stereocenters. The quantitative estimate of drug-likeness (QED) is 0.723. The Bertz CT molecular complexity index is 999. The Balaban J connectivity index is 1.62. The summed E-state index contributed by atoms with van der Waals surface area (Å²) in [5.41, 5.74) is 2.50. The Morgan fingerprint density at radius 3 is 2.78 bits per heavy atom. The number of rotatable bonds is 4. The Kier molecular flexibility index (Phi) is 5.12. The lowest BCUT2D eigenvalue weighted by molar-refractivity contribution is 0.471. The monoisotopic (exact) mass is 404 g/mol. The summed E-state index contributed by atoms with van der Waals surface area (Å²) >= 11 is 6.45. The number of nitrogens with zero attached hydrogens (tertiary/aromatic N) is 5. The fourth-order valence-electron chi connectivity index (χ4n) is 3.50. The maximum atomic E-state index is 11.4. The number of nitrogens with one attached hydrogen (secondary N) is 1. The molecule has 1 N–H and O–H groups in total. The third-order valence-corrected chi connectivity index (χ3v) is 5.83. The number of aryl methyl sites for hydroxylation is 1. The molecule has 1 aliphatic rings. The molecule has 1 saturated heterocycles. The second-order valence-electron chi connectivity index (χ2n) is 6.70. The lowest BCUT2D eigenvalue weighted by atomic mass is 10.1. The second-order valence-corrected chi connectivity index (χ2v) is 8.25. The highest BCUT2D eigenvalue weighted by atomic mass is 35.5. The van der Waals surface area contributed by atoms with Crippen molar-refractivity contribution in [2.75, 3.05) is 24.2 Å². The van der Waals surface area contributed by atoms with Gasteiger partial charge in [-0.3, -0.25) is 0 Å². The average Bonchev–Trinajstić information content (AvgIpc) is 2.99. The van der Waals surface area contributed by atoms with E-state index in [1.54, 1.807) is 18.6 Å². The minimum Gasteiger partial charge on any atom is -0.356 e. The number of fused-ring (bicyclic) bond motifs is 1. The zero-order valence-corrected chi connectivity index (χ0v) is 16.8. The fraction of sp³-hybridized carbons (Fsp3) is 0.389. The van der Waals surface area contributed by atoms with E-state index in [0.717, 1.165) is 54.3 Å². The van der Waals surface area contributed by atoms with Gasteiger partial charge in [-0.05, 0) is 31.0 Å². The molecule has 0 amide bonds. The zero-order valence-electron chi connectivity index (χ0n) is 15.2. The highest BCUT2D eigenvalue weighted by Crippen LogP contribution is 2.32. The first-order valence-corrected chi connectivity index (χ1v) is 10.7. The van der Waals surface area contributed by atoms with Gasteiger partial charge in [-0.25, -0.2) is 23.9 Å². The molecular weight excluding hydrogens is 384 g/mol. The molecule has 0 saturated carbocycles. The summed E-state index contributed by atoms with van der Waals surface area (Å²) in [6.07, 6.45) is 6.97. The SMILES string of the molecule is Cn1c(-c2cc(N3CCC(NS(C)=O)CC3)ncc2Cl)nc2cccnc21. The van der Waals surface area contributed by atoms with Crippen molar-refractivity contribution in [3.05, 3.63) is 35.6 Å². The van der Waals surface area contributed by atoms with E-state index < -0.39 is 11.0 Å². The van der Waals surface area contributed by atoms with Gasteiger partial charge in [-0.15, -0.1) is 0 Å². The number of imidazole rings is 1. The van der Waals surface area contributed by atoms with Gasteiger partial charge in [0.05, 0.1) is 16.0 Å². The average molecular weight is 405 g/mol. The third-order valence-electron chi connectivity index (χ3n) is 4.86. The van der Waals surface area contributed by atoms with Gasteiger partial charge >= 0.3 is 0 Å². The maximum Gasteiger partial charge on any atom is 0.159 e. The molecule has 4 heterocycles. The molecule has 0 spiro atoms.